The topological polar surface area (TPSA) is 96.7 Å². The van der Waals surface area contributed by atoms with Gasteiger partial charge < -0.3 is 9.47 Å². The molecule has 1 aliphatic rings. The van der Waals surface area contributed by atoms with Crippen molar-refractivity contribution >= 4 is 23.9 Å². The van der Waals surface area contributed by atoms with Crippen molar-refractivity contribution in [2.24, 2.45) is 0 Å². The third-order valence-electron chi connectivity index (χ3n) is 4.40. The quantitative estimate of drug-likeness (QED) is 0.290. The first-order valence-electron chi connectivity index (χ1n) is 9.44. The second-order valence-electron chi connectivity index (χ2n) is 6.54. The molecule has 0 saturated heterocycles. The molecule has 0 saturated carbocycles. The Hall–Kier alpha value is -3.40. The molecule has 0 N–H and O–H groups in total. The summed E-state index contributed by atoms with van der Waals surface area (Å²) in [5, 5.41) is 9.38. The second kappa shape index (κ2) is 10.2. The van der Waals surface area contributed by atoms with Crippen molar-refractivity contribution in [2.75, 3.05) is 19.8 Å². The van der Waals surface area contributed by atoms with Crippen molar-refractivity contribution < 1.29 is 23.9 Å². The van der Waals surface area contributed by atoms with E-state index in [1.165, 1.54) is 6.92 Å². The summed E-state index contributed by atoms with van der Waals surface area (Å²) in [4.78, 5) is 37.2. The van der Waals surface area contributed by atoms with E-state index >= 15 is 0 Å². The molecule has 0 aromatic heterocycles. The SMILES string of the molecule is CCCCOc1ccc(/C=C2/C(=O)N(CCOC(C)=O)C(=O)C(C#N)=C2C)cc1. The van der Waals surface area contributed by atoms with Crippen LogP contribution < -0.4 is 4.74 Å². The van der Waals surface area contributed by atoms with E-state index in [1.54, 1.807) is 25.1 Å². The summed E-state index contributed by atoms with van der Waals surface area (Å²) in [6.07, 6.45) is 3.65. The maximum atomic E-state index is 12.9. The summed E-state index contributed by atoms with van der Waals surface area (Å²) in [6, 6.07) is 9.10. The van der Waals surface area contributed by atoms with Crippen LogP contribution in [-0.2, 0) is 19.1 Å². The zero-order valence-corrected chi connectivity index (χ0v) is 16.9. The molecule has 2 amide bonds. The van der Waals surface area contributed by atoms with Gasteiger partial charge in [0.25, 0.3) is 11.8 Å². The van der Waals surface area contributed by atoms with Gasteiger partial charge in [0.1, 0.15) is 24.0 Å². The first-order valence-corrected chi connectivity index (χ1v) is 9.44. The van der Waals surface area contributed by atoms with Gasteiger partial charge in [0.05, 0.1) is 13.2 Å². The highest BCUT2D eigenvalue weighted by molar-refractivity contribution is 6.19. The third kappa shape index (κ3) is 5.55. The minimum atomic E-state index is -0.682. The summed E-state index contributed by atoms with van der Waals surface area (Å²) in [5.41, 5.74) is 1.22. The lowest BCUT2D eigenvalue weighted by atomic mass is 9.93. The number of rotatable bonds is 8. The number of esters is 1. The van der Waals surface area contributed by atoms with Crippen molar-refractivity contribution in [3.8, 4) is 11.8 Å². The fourth-order valence-corrected chi connectivity index (χ4v) is 2.77. The maximum Gasteiger partial charge on any atom is 0.302 e. The molecule has 1 aromatic carbocycles. The molecular formula is C22H24N2O5. The smallest absolute Gasteiger partial charge is 0.302 e. The number of benzene rings is 1. The molecule has 1 heterocycles. The molecule has 1 aliphatic heterocycles. The highest BCUT2D eigenvalue weighted by atomic mass is 16.5. The lowest BCUT2D eigenvalue weighted by molar-refractivity contribution is -0.147. The molecule has 0 unspecified atom stereocenters. The van der Waals surface area contributed by atoms with Crippen molar-refractivity contribution in [2.45, 2.75) is 33.6 Å². The monoisotopic (exact) mass is 396 g/mol. The molecule has 0 atom stereocenters. The highest BCUT2D eigenvalue weighted by Gasteiger charge is 2.35. The fraction of sp³-hybridized carbons (Fsp3) is 0.364. The van der Waals surface area contributed by atoms with E-state index in [1.807, 2.05) is 18.2 Å². The van der Waals surface area contributed by atoms with Gasteiger partial charge in [0.15, 0.2) is 0 Å². The standard InChI is InChI=1S/C22H24N2O5/c1-4-5-11-29-18-8-6-17(7-9-18)13-19-15(2)20(14-23)22(27)24(21(19)26)10-12-28-16(3)25/h6-9,13H,4-5,10-12H2,1-3H3/b19-13+. The number of carbonyl (C=O) groups is 3. The van der Waals surface area contributed by atoms with E-state index in [2.05, 4.69) is 6.92 Å². The molecule has 29 heavy (non-hydrogen) atoms. The number of carbonyl (C=O) groups excluding carboxylic acids is 3. The fourth-order valence-electron chi connectivity index (χ4n) is 2.77. The molecule has 152 valence electrons. The number of amides is 2. The molecule has 2 rings (SSSR count). The van der Waals surface area contributed by atoms with Crippen molar-refractivity contribution in [3.05, 3.63) is 46.5 Å². The van der Waals surface area contributed by atoms with E-state index in [9.17, 15) is 19.6 Å². The van der Waals surface area contributed by atoms with Gasteiger partial charge in [-0.25, -0.2) is 0 Å². The average molecular weight is 396 g/mol. The molecule has 0 spiro atoms. The molecule has 0 radical (unpaired) electrons. The molecule has 7 heteroatoms. The van der Waals surface area contributed by atoms with Crippen molar-refractivity contribution in [1.29, 1.82) is 5.26 Å². The van der Waals surface area contributed by atoms with Crippen LogP contribution >= 0.6 is 0 Å². The molecule has 0 fully saturated rings. The Kier molecular flexibility index (Phi) is 7.72. The van der Waals surface area contributed by atoms with Gasteiger partial charge >= 0.3 is 5.97 Å². The van der Waals surface area contributed by atoms with Crippen LogP contribution in [0.4, 0.5) is 0 Å². The van der Waals surface area contributed by atoms with Gasteiger partial charge in [-0.1, -0.05) is 25.5 Å². The Morgan fingerprint density at radius 1 is 1.17 bits per heavy atom. The van der Waals surface area contributed by atoms with Crippen molar-refractivity contribution in [3.63, 3.8) is 0 Å². The summed E-state index contributed by atoms with van der Waals surface area (Å²) in [6.45, 7) is 5.31. The highest BCUT2D eigenvalue weighted by Crippen LogP contribution is 2.27. The van der Waals surface area contributed by atoms with E-state index in [0.717, 1.165) is 29.1 Å². The maximum absolute atomic E-state index is 12.9. The first kappa shape index (κ1) is 21.9. The zero-order valence-electron chi connectivity index (χ0n) is 16.9. The largest absolute Gasteiger partial charge is 0.494 e. The second-order valence-corrected chi connectivity index (χ2v) is 6.54. The summed E-state index contributed by atoms with van der Waals surface area (Å²) >= 11 is 0. The number of imide groups is 1. The van der Waals surface area contributed by atoms with Crippen LogP contribution in [0.2, 0.25) is 0 Å². The summed E-state index contributed by atoms with van der Waals surface area (Å²) < 4.78 is 10.5. The minimum Gasteiger partial charge on any atom is -0.494 e. The van der Waals surface area contributed by atoms with Gasteiger partial charge in [-0.2, -0.15) is 5.26 Å². The lowest BCUT2D eigenvalue weighted by Crippen LogP contribution is -2.44. The molecule has 0 bridgehead atoms. The van der Waals surface area contributed by atoms with Crippen LogP contribution in [0.25, 0.3) is 6.08 Å². The number of nitrogens with zero attached hydrogens (tertiary/aromatic N) is 2. The Balaban J connectivity index is 2.27. The van der Waals surface area contributed by atoms with Gasteiger partial charge in [-0.3, -0.25) is 19.3 Å². The predicted molar refractivity (Wildman–Crippen MR) is 106 cm³/mol. The van der Waals surface area contributed by atoms with Crippen LogP contribution in [0, 0.1) is 11.3 Å². The minimum absolute atomic E-state index is 0.0989. The first-order chi connectivity index (χ1) is 13.9. The van der Waals surface area contributed by atoms with Gasteiger partial charge in [-0.05, 0) is 42.7 Å². The van der Waals surface area contributed by atoms with Crippen LogP contribution in [-0.4, -0.2) is 42.4 Å². The molecule has 0 aliphatic carbocycles. The Morgan fingerprint density at radius 2 is 1.86 bits per heavy atom. The molecule has 1 aromatic rings. The van der Waals surface area contributed by atoms with E-state index in [0.29, 0.717) is 12.2 Å². The number of nitriles is 1. The van der Waals surface area contributed by atoms with E-state index < -0.39 is 17.8 Å². The Bertz CT molecular complexity index is 891. The zero-order chi connectivity index (χ0) is 21.4. The van der Waals surface area contributed by atoms with E-state index in [4.69, 9.17) is 9.47 Å². The Morgan fingerprint density at radius 3 is 2.45 bits per heavy atom. The molecule has 7 nitrogen and oxygen atoms in total. The summed E-state index contributed by atoms with van der Waals surface area (Å²) in [7, 11) is 0. The Labute approximate surface area is 170 Å². The lowest BCUT2D eigenvalue weighted by Gasteiger charge is -2.27. The number of hydrogen-bond donors (Lipinski definition) is 0. The predicted octanol–water partition coefficient (Wildman–Crippen LogP) is 3.02. The summed E-state index contributed by atoms with van der Waals surface area (Å²) in [5.74, 6) is -0.981. The van der Waals surface area contributed by atoms with Gasteiger partial charge in [0.2, 0.25) is 0 Å². The third-order valence-corrected chi connectivity index (χ3v) is 4.40. The number of hydrogen-bond acceptors (Lipinski definition) is 6. The van der Waals surface area contributed by atoms with Crippen LogP contribution in [0.15, 0.2) is 41.0 Å². The van der Waals surface area contributed by atoms with Gasteiger partial charge in [0, 0.05) is 12.5 Å². The van der Waals surface area contributed by atoms with E-state index in [-0.39, 0.29) is 24.3 Å². The number of ether oxygens (including phenoxy) is 2. The molecular weight excluding hydrogens is 372 g/mol. The van der Waals surface area contributed by atoms with Crippen LogP contribution in [0.1, 0.15) is 39.2 Å². The van der Waals surface area contributed by atoms with Crippen molar-refractivity contribution in [1.82, 2.24) is 4.90 Å². The van der Waals surface area contributed by atoms with Crippen LogP contribution in [0.3, 0.4) is 0 Å². The number of unbranched alkanes of at least 4 members (excludes halogenated alkanes) is 1. The average Bonchev–Trinajstić information content (AvgIpc) is 2.69. The normalized spacial score (nSPS) is 15.5. The van der Waals surface area contributed by atoms with Gasteiger partial charge in [-0.15, -0.1) is 0 Å². The van der Waals surface area contributed by atoms with Crippen LogP contribution in [0.5, 0.6) is 5.75 Å².